The molecule has 16 heavy (non-hydrogen) atoms. The fraction of sp³-hybridized carbons (Fsp3) is 0.500. The Morgan fingerprint density at radius 3 is 3.00 bits per heavy atom. The topological polar surface area (TPSA) is 9.23 Å². The lowest BCUT2D eigenvalue weighted by Gasteiger charge is -2.27. The maximum atomic E-state index is 13.6. The monoisotopic (exact) mass is 306 g/mol. The first-order valence-corrected chi connectivity index (χ1v) is 6.62. The number of hydrogen-bond acceptors (Lipinski definition) is 1. The van der Waals surface area contributed by atoms with Crippen LogP contribution in [0.25, 0.3) is 0 Å². The fourth-order valence-electron chi connectivity index (χ4n) is 1.93. The third kappa shape index (κ3) is 2.96. The molecule has 0 spiro atoms. The van der Waals surface area contributed by atoms with E-state index in [1.165, 1.54) is 6.07 Å². The van der Waals surface area contributed by atoms with Crippen LogP contribution in [0.1, 0.15) is 12.0 Å². The van der Waals surface area contributed by atoms with Gasteiger partial charge in [0, 0.05) is 16.5 Å². The van der Waals surface area contributed by atoms with Gasteiger partial charge in [0.05, 0.1) is 6.61 Å². The van der Waals surface area contributed by atoms with Crippen molar-refractivity contribution < 1.29 is 9.13 Å². The van der Waals surface area contributed by atoms with Gasteiger partial charge in [-0.15, -0.1) is 0 Å². The number of hydrogen-bond donors (Lipinski definition) is 0. The Balaban J connectivity index is 2.07. The minimum absolute atomic E-state index is 0.224. The van der Waals surface area contributed by atoms with Gasteiger partial charge in [-0.1, -0.05) is 33.6 Å². The molecule has 1 aliphatic rings. The van der Waals surface area contributed by atoms with E-state index in [1.807, 2.05) is 0 Å². The van der Waals surface area contributed by atoms with Gasteiger partial charge < -0.3 is 4.74 Å². The Morgan fingerprint density at radius 1 is 1.50 bits per heavy atom. The van der Waals surface area contributed by atoms with E-state index in [2.05, 4.69) is 15.9 Å². The van der Waals surface area contributed by atoms with E-state index in [-0.39, 0.29) is 5.82 Å². The van der Waals surface area contributed by atoms with E-state index in [9.17, 15) is 4.39 Å². The number of alkyl halides is 1. The molecule has 0 aromatic heterocycles. The second kappa shape index (κ2) is 5.48. The molecule has 1 aromatic rings. The fourth-order valence-corrected chi connectivity index (χ4v) is 2.61. The summed E-state index contributed by atoms with van der Waals surface area (Å²) in [5.41, 5.74) is 0.712. The first kappa shape index (κ1) is 12.3. The van der Waals surface area contributed by atoms with Gasteiger partial charge >= 0.3 is 0 Å². The number of rotatable bonds is 2. The molecule has 88 valence electrons. The van der Waals surface area contributed by atoms with Crippen molar-refractivity contribution in [3.63, 3.8) is 0 Å². The molecule has 0 aliphatic carbocycles. The summed E-state index contributed by atoms with van der Waals surface area (Å²) < 4.78 is 19.0. The van der Waals surface area contributed by atoms with E-state index in [0.717, 1.165) is 13.0 Å². The predicted molar refractivity (Wildman–Crippen MR) is 66.8 cm³/mol. The van der Waals surface area contributed by atoms with Crippen molar-refractivity contribution in [2.45, 2.75) is 17.7 Å². The summed E-state index contributed by atoms with van der Waals surface area (Å²) in [6.07, 6.45) is 1.68. The molecular formula is C12H13BrClFO. The Morgan fingerprint density at radius 2 is 2.31 bits per heavy atom. The maximum Gasteiger partial charge on any atom is 0.127 e. The summed E-state index contributed by atoms with van der Waals surface area (Å²) in [5.74, 6) is 0.113. The van der Waals surface area contributed by atoms with Crippen LogP contribution in [0.3, 0.4) is 0 Å². The minimum Gasteiger partial charge on any atom is -0.381 e. The molecule has 2 atom stereocenters. The van der Waals surface area contributed by atoms with Gasteiger partial charge in [0.15, 0.2) is 0 Å². The van der Waals surface area contributed by atoms with E-state index >= 15 is 0 Å². The Kier molecular flexibility index (Phi) is 4.22. The highest BCUT2D eigenvalue weighted by Crippen LogP contribution is 2.27. The van der Waals surface area contributed by atoms with Crippen molar-refractivity contribution in [2.24, 2.45) is 5.92 Å². The molecule has 2 rings (SSSR count). The number of halogens is 3. The lowest BCUT2D eigenvalue weighted by molar-refractivity contribution is 0.0603. The summed E-state index contributed by atoms with van der Waals surface area (Å²) in [4.78, 5) is 0.413. The molecule has 0 saturated carbocycles. The van der Waals surface area contributed by atoms with Crippen LogP contribution >= 0.6 is 27.5 Å². The van der Waals surface area contributed by atoms with E-state index in [0.29, 0.717) is 34.4 Å². The standard InChI is InChI=1S/C12H13BrClFO/c13-11-3-4-16-7-9(11)5-8-1-2-10(14)6-12(8)15/h1-2,6,9,11H,3-5,7H2. The zero-order valence-electron chi connectivity index (χ0n) is 8.76. The van der Waals surface area contributed by atoms with Gasteiger partial charge in [-0.2, -0.15) is 0 Å². The van der Waals surface area contributed by atoms with Gasteiger partial charge in [0.25, 0.3) is 0 Å². The van der Waals surface area contributed by atoms with Crippen molar-refractivity contribution >= 4 is 27.5 Å². The lowest BCUT2D eigenvalue weighted by atomic mass is 9.94. The normalized spacial score (nSPS) is 25.7. The van der Waals surface area contributed by atoms with Crippen LogP contribution in [0.2, 0.25) is 5.02 Å². The molecule has 1 aliphatic heterocycles. The highest BCUT2D eigenvalue weighted by molar-refractivity contribution is 9.09. The van der Waals surface area contributed by atoms with Crippen molar-refractivity contribution in [1.82, 2.24) is 0 Å². The predicted octanol–water partition coefficient (Wildman–Crippen LogP) is 3.82. The molecule has 1 fully saturated rings. The summed E-state index contributed by atoms with van der Waals surface area (Å²) in [5, 5.41) is 0.441. The van der Waals surface area contributed by atoms with Crippen LogP contribution < -0.4 is 0 Å². The smallest absolute Gasteiger partial charge is 0.127 e. The Hall–Kier alpha value is -0.120. The van der Waals surface area contributed by atoms with Crippen LogP contribution in [0.4, 0.5) is 4.39 Å². The molecule has 0 bridgehead atoms. The number of benzene rings is 1. The molecule has 1 aromatic carbocycles. The van der Waals surface area contributed by atoms with Crippen LogP contribution in [-0.4, -0.2) is 18.0 Å². The van der Waals surface area contributed by atoms with Gasteiger partial charge in [0.1, 0.15) is 5.82 Å². The van der Waals surface area contributed by atoms with E-state index in [4.69, 9.17) is 16.3 Å². The molecule has 4 heteroatoms. The van der Waals surface area contributed by atoms with Crippen molar-refractivity contribution in [3.05, 3.63) is 34.6 Å². The van der Waals surface area contributed by atoms with Crippen LogP contribution in [0, 0.1) is 11.7 Å². The lowest BCUT2D eigenvalue weighted by Crippen LogP contribution is -2.29. The zero-order valence-corrected chi connectivity index (χ0v) is 11.1. The molecule has 0 amide bonds. The number of ether oxygens (including phenoxy) is 1. The average molecular weight is 308 g/mol. The van der Waals surface area contributed by atoms with E-state index in [1.54, 1.807) is 12.1 Å². The first-order valence-electron chi connectivity index (χ1n) is 5.32. The molecule has 1 saturated heterocycles. The zero-order chi connectivity index (χ0) is 11.5. The minimum atomic E-state index is -0.224. The molecule has 0 radical (unpaired) electrons. The second-order valence-electron chi connectivity index (χ2n) is 4.08. The van der Waals surface area contributed by atoms with Gasteiger partial charge in [-0.05, 0) is 36.5 Å². The Bertz CT molecular complexity index is 372. The van der Waals surface area contributed by atoms with Gasteiger partial charge in [-0.25, -0.2) is 4.39 Å². The quantitative estimate of drug-likeness (QED) is 0.755. The van der Waals surface area contributed by atoms with Gasteiger partial charge in [-0.3, -0.25) is 0 Å². The summed E-state index contributed by atoms with van der Waals surface area (Å²) >= 11 is 9.34. The SMILES string of the molecule is Fc1cc(Cl)ccc1CC1COCCC1Br. The first-order chi connectivity index (χ1) is 7.66. The summed E-state index contributed by atoms with van der Waals surface area (Å²) in [6, 6.07) is 4.85. The maximum absolute atomic E-state index is 13.6. The highest BCUT2D eigenvalue weighted by atomic mass is 79.9. The van der Waals surface area contributed by atoms with Crippen LogP contribution in [-0.2, 0) is 11.2 Å². The largest absolute Gasteiger partial charge is 0.381 e. The summed E-state index contributed by atoms with van der Waals surface area (Å²) in [7, 11) is 0. The third-order valence-electron chi connectivity index (χ3n) is 2.88. The molecular weight excluding hydrogens is 294 g/mol. The van der Waals surface area contributed by atoms with Gasteiger partial charge in [0.2, 0.25) is 0 Å². The molecule has 2 unspecified atom stereocenters. The van der Waals surface area contributed by atoms with E-state index < -0.39 is 0 Å². The molecule has 1 nitrogen and oxygen atoms in total. The van der Waals surface area contributed by atoms with Crippen LogP contribution in [0.5, 0.6) is 0 Å². The summed E-state index contributed by atoms with van der Waals surface area (Å²) in [6.45, 7) is 1.48. The Labute approximate surface area is 108 Å². The second-order valence-corrected chi connectivity index (χ2v) is 5.69. The van der Waals surface area contributed by atoms with Crippen molar-refractivity contribution in [2.75, 3.05) is 13.2 Å². The highest BCUT2D eigenvalue weighted by Gasteiger charge is 2.24. The van der Waals surface area contributed by atoms with Crippen molar-refractivity contribution in [1.29, 1.82) is 0 Å². The molecule has 0 N–H and O–H groups in total. The average Bonchev–Trinajstić information content (AvgIpc) is 2.25. The van der Waals surface area contributed by atoms with Crippen molar-refractivity contribution in [3.8, 4) is 0 Å². The molecule has 1 heterocycles. The van der Waals surface area contributed by atoms with Crippen LogP contribution in [0.15, 0.2) is 18.2 Å². The third-order valence-corrected chi connectivity index (χ3v) is 4.32.